The third kappa shape index (κ3) is 2.88. The Morgan fingerprint density at radius 3 is 2.67 bits per heavy atom. The first-order valence-electron chi connectivity index (χ1n) is 5.02. The van der Waals surface area contributed by atoms with Crippen molar-refractivity contribution in [2.75, 3.05) is 6.61 Å². The molecule has 0 bridgehead atoms. The summed E-state index contributed by atoms with van der Waals surface area (Å²) in [6.45, 7) is 1.15. The molecule has 0 saturated carbocycles. The number of hydrogen-bond donors (Lipinski definition) is 2. The first-order chi connectivity index (χ1) is 8.30. The lowest BCUT2D eigenvalue weighted by molar-refractivity contribution is -0.189. The lowest BCUT2D eigenvalue weighted by Gasteiger charge is -2.21. The fraction of sp³-hybridized carbons (Fsp3) is 0.364. The van der Waals surface area contributed by atoms with Gasteiger partial charge in [-0.2, -0.15) is 8.78 Å². The monoisotopic (exact) mass is 280 g/mol. The maximum atomic E-state index is 13.5. The van der Waals surface area contributed by atoms with E-state index in [-0.39, 0.29) is 22.9 Å². The standard InChI is InChI=1S/C11H11ClF2O4/c1-2-18-10(17)11(13,14)9(16)6-3-4-8(15)7(12)5-6/h3-5,9,15-16H,2H2,1H3. The van der Waals surface area contributed by atoms with Crippen molar-refractivity contribution in [1.29, 1.82) is 0 Å². The van der Waals surface area contributed by atoms with Gasteiger partial charge in [0, 0.05) is 0 Å². The smallest absolute Gasteiger partial charge is 0.380 e. The Morgan fingerprint density at radius 1 is 1.56 bits per heavy atom. The molecule has 0 aliphatic heterocycles. The number of aromatic hydroxyl groups is 1. The highest BCUT2D eigenvalue weighted by Crippen LogP contribution is 2.35. The zero-order valence-electron chi connectivity index (χ0n) is 9.36. The van der Waals surface area contributed by atoms with Crippen molar-refractivity contribution >= 4 is 17.6 Å². The largest absolute Gasteiger partial charge is 0.506 e. The van der Waals surface area contributed by atoms with Gasteiger partial charge in [-0.3, -0.25) is 0 Å². The van der Waals surface area contributed by atoms with Gasteiger partial charge in [-0.05, 0) is 24.6 Å². The predicted octanol–water partition coefficient (Wildman–Crippen LogP) is 2.28. The van der Waals surface area contributed by atoms with Gasteiger partial charge >= 0.3 is 11.9 Å². The van der Waals surface area contributed by atoms with E-state index in [9.17, 15) is 18.7 Å². The number of halogens is 3. The molecule has 18 heavy (non-hydrogen) atoms. The molecule has 0 saturated heterocycles. The van der Waals surface area contributed by atoms with Crippen LogP contribution in [0.4, 0.5) is 8.78 Å². The molecule has 0 aliphatic rings. The molecular weight excluding hydrogens is 270 g/mol. The summed E-state index contributed by atoms with van der Waals surface area (Å²) in [4.78, 5) is 11.0. The number of rotatable bonds is 4. The summed E-state index contributed by atoms with van der Waals surface area (Å²) >= 11 is 5.53. The van der Waals surface area contributed by atoms with Gasteiger partial charge in [-0.25, -0.2) is 4.79 Å². The van der Waals surface area contributed by atoms with Crippen LogP contribution in [-0.4, -0.2) is 28.7 Å². The first kappa shape index (κ1) is 14.7. The van der Waals surface area contributed by atoms with Crippen molar-refractivity contribution in [2.45, 2.75) is 19.0 Å². The molecule has 1 rings (SSSR count). The highest BCUT2D eigenvalue weighted by Gasteiger charge is 2.49. The van der Waals surface area contributed by atoms with Gasteiger partial charge in [0.1, 0.15) is 5.75 Å². The van der Waals surface area contributed by atoms with Gasteiger partial charge in [0.2, 0.25) is 0 Å². The first-order valence-corrected chi connectivity index (χ1v) is 5.40. The molecule has 7 heteroatoms. The Labute approximate surface area is 107 Å². The molecule has 0 fully saturated rings. The molecule has 1 aromatic rings. The van der Waals surface area contributed by atoms with E-state index in [1.54, 1.807) is 0 Å². The van der Waals surface area contributed by atoms with E-state index in [2.05, 4.69) is 4.74 Å². The lowest BCUT2D eigenvalue weighted by atomic mass is 10.0. The molecule has 100 valence electrons. The number of aliphatic hydroxyl groups excluding tert-OH is 1. The minimum Gasteiger partial charge on any atom is -0.506 e. The number of carbonyl (C=O) groups excluding carboxylic acids is 1. The van der Waals surface area contributed by atoms with Gasteiger partial charge in [0.05, 0.1) is 11.6 Å². The van der Waals surface area contributed by atoms with Gasteiger partial charge in [0.25, 0.3) is 0 Å². The zero-order chi connectivity index (χ0) is 13.9. The predicted molar refractivity (Wildman–Crippen MR) is 59.7 cm³/mol. The molecule has 1 unspecified atom stereocenters. The second-order valence-electron chi connectivity index (χ2n) is 3.46. The normalized spacial score (nSPS) is 13.2. The van der Waals surface area contributed by atoms with Gasteiger partial charge in [-0.1, -0.05) is 17.7 Å². The number of phenolic OH excluding ortho intramolecular Hbond substituents is 1. The highest BCUT2D eigenvalue weighted by molar-refractivity contribution is 6.32. The van der Waals surface area contributed by atoms with E-state index in [0.717, 1.165) is 18.2 Å². The van der Waals surface area contributed by atoms with Crippen molar-refractivity contribution in [2.24, 2.45) is 0 Å². The topological polar surface area (TPSA) is 66.8 Å². The van der Waals surface area contributed by atoms with E-state index in [1.807, 2.05) is 0 Å². The second-order valence-corrected chi connectivity index (χ2v) is 3.86. The number of carbonyl (C=O) groups is 1. The van der Waals surface area contributed by atoms with Gasteiger partial charge in [0.15, 0.2) is 6.10 Å². The van der Waals surface area contributed by atoms with E-state index in [0.29, 0.717) is 0 Å². The van der Waals surface area contributed by atoms with E-state index < -0.39 is 18.0 Å². The van der Waals surface area contributed by atoms with Crippen molar-refractivity contribution < 1.29 is 28.5 Å². The van der Waals surface area contributed by atoms with Crippen LogP contribution in [0.2, 0.25) is 5.02 Å². The summed E-state index contributed by atoms with van der Waals surface area (Å²) in [5, 5.41) is 18.4. The quantitative estimate of drug-likeness (QED) is 0.831. The molecule has 0 heterocycles. The number of phenols is 1. The van der Waals surface area contributed by atoms with Crippen LogP contribution in [0.1, 0.15) is 18.6 Å². The summed E-state index contributed by atoms with van der Waals surface area (Å²) in [5.74, 6) is -6.22. The molecule has 0 spiro atoms. The van der Waals surface area contributed by atoms with E-state index in [4.69, 9.17) is 16.7 Å². The molecule has 0 radical (unpaired) electrons. The van der Waals surface area contributed by atoms with Crippen LogP contribution in [0.25, 0.3) is 0 Å². The van der Waals surface area contributed by atoms with E-state index in [1.165, 1.54) is 6.92 Å². The van der Waals surface area contributed by atoms with Crippen LogP contribution in [-0.2, 0) is 9.53 Å². The Morgan fingerprint density at radius 2 is 2.17 bits per heavy atom. The van der Waals surface area contributed by atoms with Crippen LogP contribution in [0, 0.1) is 0 Å². The molecule has 0 aromatic heterocycles. The SMILES string of the molecule is CCOC(=O)C(F)(F)C(O)c1ccc(O)c(Cl)c1. The number of aliphatic hydroxyl groups is 1. The molecule has 2 N–H and O–H groups in total. The molecule has 1 atom stereocenters. The number of esters is 1. The summed E-state index contributed by atoms with van der Waals surface area (Å²) < 4.78 is 31.1. The average molecular weight is 281 g/mol. The van der Waals surface area contributed by atoms with Crippen LogP contribution in [0.15, 0.2) is 18.2 Å². The zero-order valence-corrected chi connectivity index (χ0v) is 10.1. The van der Waals surface area contributed by atoms with Crippen molar-refractivity contribution in [3.8, 4) is 5.75 Å². The summed E-state index contributed by atoms with van der Waals surface area (Å²) in [6, 6.07) is 3.04. The summed E-state index contributed by atoms with van der Waals surface area (Å²) in [5.41, 5.74) is -0.296. The minimum atomic E-state index is -4.09. The maximum Gasteiger partial charge on any atom is 0.380 e. The molecule has 0 amide bonds. The molecular formula is C11H11ClF2O4. The Balaban J connectivity index is 3.01. The van der Waals surface area contributed by atoms with Crippen LogP contribution in [0.5, 0.6) is 5.75 Å². The highest BCUT2D eigenvalue weighted by atomic mass is 35.5. The van der Waals surface area contributed by atoms with Crippen LogP contribution < -0.4 is 0 Å². The Hall–Kier alpha value is -1.40. The fourth-order valence-corrected chi connectivity index (χ4v) is 1.43. The summed E-state index contributed by atoms with van der Waals surface area (Å²) in [7, 11) is 0. The summed E-state index contributed by atoms with van der Waals surface area (Å²) in [6.07, 6.45) is -2.39. The fourth-order valence-electron chi connectivity index (χ4n) is 1.24. The third-order valence-corrected chi connectivity index (χ3v) is 2.48. The van der Waals surface area contributed by atoms with E-state index >= 15 is 0 Å². The van der Waals surface area contributed by atoms with Crippen LogP contribution in [0.3, 0.4) is 0 Å². The molecule has 1 aromatic carbocycles. The van der Waals surface area contributed by atoms with Crippen molar-refractivity contribution in [1.82, 2.24) is 0 Å². The second kappa shape index (κ2) is 5.49. The van der Waals surface area contributed by atoms with Crippen LogP contribution >= 0.6 is 11.6 Å². The number of ether oxygens (including phenoxy) is 1. The lowest BCUT2D eigenvalue weighted by Crippen LogP contribution is -2.37. The van der Waals surface area contributed by atoms with Crippen molar-refractivity contribution in [3.05, 3.63) is 28.8 Å². The van der Waals surface area contributed by atoms with Gasteiger partial charge < -0.3 is 14.9 Å². The Kier molecular flexibility index (Phi) is 4.48. The van der Waals surface area contributed by atoms with Crippen molar-refractivity contribution in [3.63, 3.8) is 0 Å². The minimum absolute atomic E-state index is 0.203. The number of hydrogen-bond acceptors (Lipinski definition) is 4. The number of alkyl halides is 2. The van der Waals surface area contributed by atoms with Gasteiger partial charge in [-0.15, -0.1) is 0 Å². The number of benzene rings is 1. The molecule has 4 nitrogen and oxygen atoms in total. The Bertz CT molecular complexity index is 451. The maximum absolute atomic E-state index is 13.5. The average Bonchev–Trinajstić information content (AvgIpc) is 2.32. The molecule has 0 aliphatic carbocycles. The third-order valence-electron chi connectivity index (χ3n) is 2.18.